The van der Waals surface area contributed by atoms with Crippen molar-refractivity contribution < 1.29 is 4.74 Å². The molecule has 1 saturated heterocycles. The standard InChI is InChI=1S/C21H20BrN5O2/c22-14-5-6-18-17(13-14)21(28)27-20(24-18)16-4-2-1-3-15(16)19(25-27)23-7-8-26-9-11-29-12-10-26/h1-6,13H,7-12H2,(H,23,25). The van der Waals surface area contributed by atoms with Crippen LogP contribution in [0.25, 0.3) is 27.3 Å². The molecule has 0 atom stereocenters. The Morgan fingerprint density at radius 2 is 1.86 bits per heavy atom. The number of hydrogen-bond acceptors (Lipinski definition) is 6. The molecule has 5 rings (SSSR count). The molecule has 4 aromatic rings. The first-order chi connectivity index (χ1) is 14.2. The van der Waals surface area contributed by atoms with E-state index in [-0.39, 0.29) is 5.56 Å². The summed E-state index contributed by atoms with van der Waals surface area (Å²) in [6.45, 7) is 5.08. The fourth-order valence-corrected chi connectivity index (χ4v) is 4.10. The zero-order chi connectivity index (χ0) is 19.8. The number of anilines is 1. The molecule has 2 aromatic heterocycles. The maximum Gasteiger partial charge on any atom is 0.282 e. The molecule has 0 amide bonds. The molecule has 8 heteroatoms. The second kappa shape index (κ2) is 7.70. The van der Waals surface area contributed by atoms with Gasteiger partial charge in [0.25, 0.3) is 5.56 Å². The van der Waals surface area contributed by atoms with Gasteiger partial charge in [-0.05, 0) is 18.2 Å². The predicted molar refractivity (Wildman–Crippen MR) is 118 cm³/mol. The lowest BCUT2D eigenvalue weighted by Crippen LogP contribution is -2.39. The number of aromatic nitrogens is 3. The van der Waals surface area contributed by atoms with Crippen LogP contribution in [0.15, 0.2) is 51.7 Å². The monoisotopic (exact) mass is 453 g/mol. The van der Waals surface area contributed by atoms with Crippen molar-refractivity contribution in [3.05, 3.63) is 57.3 Å². The number of nitrogens with zero attached hydrogens (tertiary/aromatic N) is 4. The average molecular weight is 454 g/mol. The maximum atomic E-state index is 13.1. The van der Waals surface area contributed by atoms with Crippen molar-refractivity contribution in [2.24, 2.45) is 0 Å². The molecule has 1 aliphatic heterocycles. The smallest absolute Gasteiger partial charge is 0.282 e. The Balaban J connectivity index is 1.60. The summed E-state index contributed by atoms with van der Waals surface area (Å²) in [7, 11) is 0. The summed E-state index contributed by atoms with van der Waals surface area (Å²) in [4.78, 5) is 20.2. The first-order valence-corrected chi connectivity index (χ1v) is 10.4. The van der Waals surface area contributed by atoms with E-state index in [0.29, 0.717) is 22.4 Å². The van der Waals surface area contributed by atoms with Gasteiger partial charge >= 0.3 is 0 Å². The van der Waals surface area contributed by atoms with Gasteiger partial charge in [-0.1, -0.05) is 40.2 Å². The Hall–Kier alpha value is -2.55. The van der Waals surface area contributed by atoms with Crippen LogP contribution in [-0.2, 0) is 4.74 Å². The van der Waals surface area contributed by atoms with Crippen LogP contribution in [-0.4, -0.2) is 58.9 Å². The minimum atomic E-state index is -0.173. The van der Waals surface area contributed by atoms with Crippen LogP contribution in [0.1, 0.15) is 0 Å². The highest BCUT2D eigenvalue weighted by atomic mass is 79.9. The molecule has 148 valence electrons. The normalized spacial score (nSPS) is 15.3. The van der Waals surface area contributed by atoms with Crippen LogP contribution in [0.2, 0.25) is 0 Å². The summed E-state index contributed by atoms with van der Waals surface area (Å²) in [5.41, 5.74) is 1.06. The third-order valence-corrected chi connectivity index (χ3v) is 5.75. The lowest BCUT2D eigenvalue weighted by molar-refractivity contribution is 0.0398. The van der Waals surface area contributed by atoms with Crippen LogP contribution in [0.4, 0.5) is 5.82 Å². The summed E-state index contributed by atoms with van der Waals surface area (Å²) in [6.07, 6.45) is 0. The lowest BCUT2D eigenvalue weighted by atomic mass is 10.1. The Morgan fingerprint density at radius 1 is 1.07 bits per heavy atom. The van der Waals surface area contributed by atoms with E-state index in [1.165, 1.54) is 4.52 Å². The molecule has 29 heavy (non-hydrogen) atoms. The van der Waals surface area contributed by atoms with Crippen LogP contribution in [0, 0.1) is 0 Å². The van der Waals surface area contributed by atoms with Gasteiger partial charge in [0, 0.05) is 41.4 Å². The Labute approximate surface area is 175 Å². The van der Waals surface area contributed by atoms with Crippen molar-refractivity contribution in [2.75, 3.05) is 44.7 Å². The predicted octanol–water partition coefficient (Wildman–Crippen LogP) is 2.90. The molecule has 0 spiro atoms. The van der Waals surface area contributed by atoms with Gasteiger partial charge in [0.15, 0.2) is 11.5 Å². The minimum absolute atomic E-state index is 0.173. The van der Waals surface area contributed by atoms with Gasteiger partial charge in [0.1, 0.15) is 0 Å². The van der Waals surface area contributed by atoms with Crippen molar-refractivity contribution in [3.8, 4) is 0 Å². The summed E-state index contributed by atoms with van der Waals surface area (Å²) in [6, 6.07) is 13.5. The number of hydrogen-bond donors (Lipinski definition) is 1. The molecule has 0 saturated carbocycles. The first kappa shape index (κ1) is 18.5. The van der Waals surface area contributed by atoms with E-state index in [0.717, 1.165) is 54.6 Å². The van der Waals surface area contributed by atoms with E-state index in [1.807, 2.05) is 36.4 Å². The van der Waals surface area contributed by atoms with E-state index < -0.39 is 0 Å². The van der Waals surface area contributed by atoms with E-state index >= 15 is 0 Å². The average Bonchev–Trinajstić information content (AvgIpc) is 2.76. The van der Waals surface area contributed by atoms with Gasteiger partial charge in [-0.25, -0.2) is 4.98 Å². The van der Waals surface area contributed by atoms with Crippen molar-refractivity contribution in [1.29, 1.82) is 0 Å². The van der Waals surface area contributed by atoms with Gasteiger partial charge < -0.3 is 10.1 Å². The highest BCUT2D eigenvalue weighted by molar-refractivity contribution is 9.10. The number of halogens is 1. The number of nitrogens with one attached hydrogen (secondary N) is 1. The first-order valence-electron chi connectivity index (χ1n) is 9.66. The lowest BCUT2D eigenvalue weighted by Gasteiger charge is -2.26. The Kier molecular flexibility index (Phi) is 4.91. The van der Waals surface area contributed by atoms with Gasteiger partial charge in [-0.3, -0.25) is 9.69 Å². The second-order valence-corrected chi connectivity index (χ2v) is 8.00. The van der Waals surface area contributed by atoms with Crippen molar-refractivity contribution in [3.63, 3.8) is 0 Å². The number of morpholine rings is 1. The zero-order valence-electron chi connectivity index (χ0n) is 15.8. The molecule has 0 aliphatic carbocycles. The van der Waals surface area contributed by atoms with Gasteiger partial charge in [0.2, 0.25) is 0 Å². The molecule has 7 nitrogen and oxygen atoms in total. The number of fused-ring (bicyclic) bond motifs is 4. The molecule has 0 unspecified atom stereocenters. The molecular formula is C21H20BrN5O2. The number of benzene rings is 2. The summed E-state index contributed by atoms with van der Waals surface area (Å²) < 4.78 is 7.66. The topological polar surface area (TPSA) is 71.8 Å². The molecule has 3 heterocycles. The van der Waals surface area contributed by atoms with Crippen LogP contribution < -0.4 is 10.9 Å². The summed E-state index contributed by atoms with van der Waals surface area (Å²) in [5.74, 6) is 0.694. The van der Waals surface area contributed by atoms with E-state index in [4.69, 9.17) is 9.72 Å². The fourth-order valence-electron chi connectivity index (χ4n) is 3.74. The van der Waals surface area contributed by atoms with Crippen molar-refractivity contribution in [1.82, 2.24) is 19.5 Å². The Bertz CT molecular complexity index is 1270. The quantitative estimate of drug-likeness (QED) is 0.378. The van der Waals surface area contributed by atoms with Crippen molar-refractivity contribution in [2.45, 2.75) is 0 Å². The number of ether oxygens (including phenoxy) is 1. The molecule has 0 radical (unpaired) electrons. The highest BCUT2D eigenvalue weighted by Gasteiger charge is 2.14. The molecule has 1 aliphatic rings. The molecule has 0 bridgehead atoms. The second-order valence-electron chi connectivity index (χ2n) is 7.09. The minimum Gasteiger partial charge on any atom is -0.379 e. The van der Waals surface area contributed by atoms with Crippen molar-refractivity contribution >= 4 is 49.1 Å². The van der Waals surface area contributed by atoms with E-state index in [1.54, 1.807) is 6.07 Å². The largest absolute Gasteiger partial charge is 0.379 e. The van der Waals surface area contributed by atoms with E-state index in [9.17, 15) is 4.79 Å². The SMILES string of the molecule is O=c1c2cc(Br)ccc2nc2c3ccccc3c(NCCN3CCOCC3)nn12. The molecule has 1 N–H and O–H groups in total. The zero-order valence-corrected chi connectivity index (χ0v) is 17.4. The Morgan fingerprint density at radius 3 is 2.69 bits per heavy atom. The highest BCUT2D eigenvalue weighted by Crippen LogP contribution is 2.25. The summed E-state index contributed by atoms with van der Waals surface area (Å²) >= 11 is 3.43. The van der Waals surface area contributed by atoms with Gasteiger partial charge in [0.05, 0.1) is 24.1 Å². The molecule has 2 aromatic carbocycles. The molecule has 1 fully saturated rings. The fraction of sp³-hybridized carbons (Fsp3) is 0.286. The third-order valence-electron chi connectivity index (χ3n) is 5.26. The molecular weight excluding hydrogens is 434 g/mol. The van der Waals surface area contributed by atoms with E-state index in [2.05, 4.69) is 31.2 Å². The maximum absolute atomic E-state index is 13.1. The van der Waals surface area contributed by atoms with Crippen LogP contribution in [0.3, 0.4) is 0 Å². The third kappa shape index (κ3) is 3.48. The van der Waals surface area contributed by atoms with Gasteiger partial charge in [-0.15, -0.1) is 5.10 Å². The van der Waals surface area contributed by atoms with Gasteiger partial charge in [-0.2, -0.15) is 4.52 Å². The number of rotatable bonds is 4. The van der Waals surface area contributed by atoms with Crippen LogP contribution >= 0.6 is 15.9 Å². The summed E-state index contributed by atoms with van der Waals surface area (Å²) in [5, 5.41) is 10.5. The van der Waals surface area contributed by atoms with Crippen LogP contribution in [0.5, 0.6) is 0 Å².